The summed E-state index contributed by atoms with van der Waals surface area (Å²) in [6.07, 6.45) is 5.94. The lowest BCUT2D eigenvalue weighted by atomic mass is 9.98. The highest BCUT2D eigenvalue weighted by Gasteiger charge is 2.24. The predicted molar refractivity (Wildman–Crippen MR) is 127 cm³/mol. The number of rotatable bonds is 6. The maximum Gasteiger partial charge on any atom is 0.257 e. The zero-order chi connectivity index (χ0) is 21.9. The van der Waals surface area contributed by atoms with E-state index in [-0.39, 0.29) is 11.6 Å². The predicted octanol–water partition coefficient (Wildman–Crippen LogP) is 5.06. The van der Waals surface area contributed by atoms with E-state index in [2.05, 4.69) is 60.6 Å². The Labute approximate surface area is 188 Å². The lowest BCUT2D eigenvalue weighted by Crippen LogP contribution is -2.34. The van der Waals surface area contributed by atoms with E-state index in [0.29, 0.717) is 19.6 Å². The Morgan fingerprint density at radius 3 is 2.41 bits per heavy atom. The van der Waals surface area contributed by atoms with Gasteiger partial charge in [0.1, 0.15) is 5.65 Å². The van der Waals surface area contributed by atoms with E-state index in [1.165, 1.54) is 11.1 Å². The Morgan fingerprint density at radius 2 is 1.69 bits per heavy atom. The van der Waals surface area contributed by atoms with Crippen molar-refractivity contribution in [1.29, 1.82) is 0 Å². The van der Waals surface area contributed by atoms with E-state index in [4.69, 9.17) is 4.74 Å². The summed E-state index contributed by atoms with van der Waals surface area (Å²) in [5, 5.41) is 4.62. The molecule has 2 aromatic carbocycles. The summed E-state index contributed by atoms with van der Waals surface area (Å²) < 4.78 is 9.52. The summed E-state index contributed by atoms with van der Waals surface area (Å²) in [7, 11) is 0. The van der Waals surface area contributed by atoms with Gasteiger partial charge in [0, 0.05) is 37.3 Å². The standard InChI is InChI=1S/C27H29N3O2/c1-2-6-25-24(19-20-9-11-22(12-10-20)21-7-4-3-5-8-21)27(31)29(23-14-17-32-18-15-23)26-13-16-28-30(25)26/h3-5,7-13,16,23H,2,6,14-15,17-19H2,1H3. The van der Waals surface area contributed by atoms with Gasteiger partial charge in [0.2, 0.25) is 0 Å². The number of aromatic nitrogens is 3. The maximum atomic E-state index is 13.8. The molecule has 0 saturated carbocycles. The van der Waals surface area contributed by atoms with Crippen LogP contribution in [-0.4, -0.2) is 27.4 Å². The second-order valence-electron chi connectivity index (χ2n) is 8.53. The second-order valence-corrected chi connectivity index (χ2v) is 8.53. The van der Waals surface area contributed by atoms with Gasteiger partial charge in [0.05, 0.1) is 11.9 Å². The molecule has 0 amide bonds. The molecule has 5 heteroatoms. The van der Waals surface area contributed by atoms with Gasteiger partial charge < -0.3 is 4.74 Å². The first kappa shape index (κ1) is 20.7. The number of nitrogens with zero attached hydrogens (tertiary/aromatic N) is 3. The Kier molecular flexibility index (Phi) is 5.91. The Balaban J connectivity index is 1.57. The van der Waals surface area contributed by atoms with Crippen molar-refractivity contribution in [3.8, 4) is 11.1 Å². The molecule has 32 heavy (non-hydrogen) atoms. The summed E-state index contributed by atoms with van der Waals surface area (Å²) in [5.41, 5.74) is 6.45. The normalized spacial score (nSPS) is 14.8. The summed E-state index contributed by atoms with van der Waals surface area (Å²) >= 11 is 0. The first-order valence-corrected chi connectivity index (χ1v) is 11.6. The van der Waals surface area contributed by atoms with Crippen LogP contribution in [0.1, 0.15) is 49.0 Å². The van der Waals surface area contributed by atoms with Crippen LogP contribution in [0.4, 0.5) is 0 Å². The number of benzene rings is 2. The Bertz CT molecular complexity index is 1250. The van der Waals surface area contributed by atoms with Crippen molar-refractivity contribution in [2.45, 2.75) is 45.1 Å². The van der Waals surface area contributed by atoms with Gasteiger partial charge in [-0.1, -0.05) is 67.9 Å². The van der Waals surface area contributed by atoms with Gasteiger partial charge in [-0.05, 0) is 36.0 Å². The molecule has 3 heterocycles. The maximum absolute atomic E-state index is 13.8. The van der Waals surface area contributed by atoms with E-state index >= 15 is 0 Å². The Morgan fingerprint density at radius 1 is 0.969 bits per heavy atom. The third kappa shape index (κ3) is 3.89. The third-order valence-electron chi connectivity index (χ3n) is 6.44. The largest absolute Gasteiger partial charge is 0.381 e. The van der Waals surface area contributed by atoms with Crippen molar-refractivity contribution in [1.82, 2.24) is 14.2 Å². The molecule has 1 saturated heterocycles. The van der Waals surface area contributed by atoms with Crippen molar-refractivity contribution in [3.63, 3.8) is 0 Å². The summed E-state index contributed by atoms with van der Waals surface area (Å²) in [6, 6.07) is 21.1. The quantitative estimate of drug-likeness (QED) is 0.432. The molecule has 1 aliphatic rings. The average Bonchev–Trinajstić information content (AvgIpc) is 3.32. The smallest absolute Gasteiger partial charge is 0.257 e. The topological polar surface area (TPSA) is 48.5 Å². The van der Waals surface area contributed by atoms with Crippen molar-refractivity contribution >= 4 is 5.65 Å². The van der Waals surface area contributed by atoms with E-state index in [1.54, 1.807) is 0 Å². The van der Waals surface area contributed by atoms with Gasteiger partial charge in [0.15, 0.2) is 0 Å². The van der Waals surface area contributed by atoms with Gasteiger partial charge in [-0.15, -0.1) is 0 Å². The molecule has 1 fully saturated rings. The van der Waals surface area contributed by atoms with Gasteiger partial charge in [-0.25, -0.2) is 4.52 Å². The van der Waals surface area contributed by atoms with Crippen molar-refractivity contribution in [3.05, 3.63) is 94.0 Å². The van der Waals surface area contributed by atoms with Crippen LogP contribution in [-0.2, 0) is 17.6 Å². The zero-order valence-corrected chi connectivity index (χ0v) is 18.5. The minimum atomic E-state index is 0.125. The monoisotopic (exact) mass is 427 g/mol. The van der Waals surface area contributed by atoms with Gasteiger partial charge in [-0.2, -0.15) is 5.10 Å². The Hall–Kier alpha value is -3.18. The lowest BCUT2D eigenvalue weighted by molar-refractivity contribution is 0.0694. The molecule has 0 spiro atoms. The fraction of sp³-hybridized carbons (Fsp3) is 0.333. The van der Waals surface area contributed by atoms with E-state index in [1.807, 2.05) is 27.4 Å². The van der Waals surface area contributed by atoms with E-state index in [0.717, 1.165) is 48.2 Å². The number of hydrogen-bond acceptors (Lipinski definition) is 3. The molecule has 0 aliphatic carbocycles. The van der Waals surface area contributed by atoms with Crippen LogP contribution >= 0.6 is 0 Å². The molecule has 4 aromatic rings. The van der Waals surface area contributed by atoms with Crippen LogP contribution < -0.4 is 5.56 Å². The number of hydrogen-bond donors (Lipinski definition) is 0. The molecule has 5 rings (SSSR count). The molecule has 2 aromatic heterocycles. The van der Waals surface area contributed by atoms with Crippen LogP contribution in [0.2, 0.25) is 0 Å². The van der Waals surface area contributed by atoms with Gasteiger partial charge in [0.25, 0.3) is 5.56 Å². The molecule has 0 unspecified atom stereocenters. The van der Waals surface area contributed by atoms with Crippen LogP contribution in [0.15, 0.2) is 71.7 Å². The average molecular weight is 428 g/mol. The molecule has 164 valence electrons. The SMILES string of the molecule is CCCc1c(Cc2ccc(-c3ccccc3)cc2)c(=O)n(C2CCOCC2)c2ccnn12. The molecular weight excluding hydrogens is 398 g/mol. The molecule has 0 N–H and O–H groups in total. The van der Waals surface area contributed by atoms with Crippen molar-refractivity contribution in [2.24, 2.45) is 0 Å². The summed E-state index contributed by atoms with van der Waals surface area (Å²) in [5.74, 6) is 0. The second kappa shape index (κ2) is 9.13. The first-order valence-electron chi connectivity index (χ1n) is 11.6. The van der Waals surface area contributed by atoms with E-state index in [9.17, 15) is 4.79 Å². The highest BCUT2D eigenvalue weighted by molar-refractivity contribution is 5.63. The van der Waals surface area contributed by atoms with E-state index < -0.39 is 0 Å². The lowest BCUT2D eigenvalue weighted by Gasteiger charge is -2.26. The highest BCUT2D eigenvalue weighted by atomic mass is 16.5. The summed E-state index contributed by atoms with van der Waals surface area (Å²) in [4.78, 5) is 13.8. The van der Waals surface area contributed by atoms with Crippen LogP contribution in [0.3, 0.4) is 0 Å². The number of ether oxygens (including phenoxy) is 1. The van der Waals surface area contributed by atoms with Crippen molar-refractivity contribution in [2.75, 3.05) is 13.2 Å². The summed E-state index contributed by atoms with van der Waals surface area (Å²) in [6.45, 7) is 3.55. The molecule has 0 atom stereocenters. The molecule has 5 nitrogen and oxygen atoms in total. The van der Waals surface area contributed by atoms with Gasteiger partial charge >= 0.3 is 0 Å². The van der Waals surface area contributed by atoms with Crippen LogP contribution in [0.5, 0.6) is 0 Å². The third-order valence-corrected chi connectivity index (χ3v) is 6.44. The fourth-order valence-electron chi connectivity index (χ4n) is 4.80. The molecule has 0 radical (unpaired) electrons. The fourth-order valence-corrected chi connectivity index (χ4v) is 4.80. The number of fused-ring (bicyclic) bond motifs is 1. The van der Waals surface area contributed by atoms with Gasteiger partial charge in [-0.3, -0.25) is 9.36 Å². The molecule has 1 aliphatic heterocycles. The molecular formula is C27H29N3O2. The first-order chi connectivity index (χ1) is 15.8. The number of aryl methyl sites for hydroxylation is 1. The zero-order valence-electron chi connectivity index (χ0n) is 18.5. The van der Waals surface area contributed by atoms with Crippen LogP contribution in [0, 0.1) is 0 Å². The van der Waals surface area contributed by atoms with Crippen LogP contribution in [0.25, 0.3) is 16.8 Å². The minimum absolute atomic E-state index is 0.125. The molecule has 0 bridgehead atoms. The van der Waals surface area contributed by atoms with Crippen molar-refractivity contribution < 1.29 is 4.74 Å². The highest BCUT2D eigenvalue weighted by Crippen LogP contribution is 2.25. The minimum Gasteiger partial charge on any atom is -0.381 e.